The lowest BCUT2D eigenvalue weighted by Crippen LogP contribution is -2.04. The van der Waals surface area contributed by atoms with Gasteiger partial charge < -0.3 is 10.4 Å². The van der Waals surface area contributed by atoms with Gasteiger partial charge in [-0.2, -0.15) is 0 Å². The molecule has 3 nitrogen and oxygen atoms in total. The van der Waals surface area contributed by atoms with Crippen molar-refractivity contribution in [2.45, 2.75) is 13.3 Å². The van der Waals surface area contributed by atoms with Crippen molar-refractivity contribution >= 4 is 11.7 Å². The third-order valence-electron chi connectivity index (χ3n) is 1.78. The third kappa shape index (κ3) is 2.45. The highest BCUT2D eigenvalue weighted by Gasteiger charge is 2.07. The Hall–Kier alpha value is -1.58. The van der Waals surface area contributed by atoms with Crippen molar-refractivity contribution in [2.75, 3.05) is 11.9 Å². The Labute approximate surface area is 81.6 Å². The summed E-state index contributed by atoms with van der Waals surface area (Å²) < 4.78 is 13.2. The molecule has 76 valence electrons. The van der Waals surface area contributed by atoms with E-state index < -0.39 is 11.8 Å². The minimum absolute atomic E-state index is 0.0375. The first-order valence-corrected chi connectivity index (χ1v) is 4.42. The molecule has 0 amide bonds. The summed E-state index contributed by atoms with van der Waals surface area (Å²) in [7, 11) is 0. The summed E-state index contributed by atoms with van der Waals surface area (Å²) in [6.07, 6.45) is 0.889. The Morgan fingerprint density at radius 2 is 2.29 bits per heavy atom. The monoisotopic (exact) mass is 197 g/mol. The zero-order chi connectivity index (χ0) is 10.6. The first-order chi connectivity index (χ1) is 6.65. The van der Waals surface area contributed by atoms with E-state index in [-0.39, 0.29) is 5.56 Å². The van der Waals surface area contributed by atoms with Gasteiger partial charge in [-0.15, -0.1) is 0 Å². The molecule has 0 aliphatic rings. The number of aromatic carboxylic acids is 1. The van der Waals surface area contributed by atoms with Gasteiger partial charge in [-0.25, -0.2) is 9.18 Å². The van der Waals surface area contributed by atoms with Crippen LogP contribution in [0.1, 0.15) is 23.7 Å². The van der Waals surface area contributed by atoms with Gasteiger partial charge >= 0.3 is 5.97 Å². The Balaban J connectivity index is 2.84. The number of benzene rings is 1. The van der Waals surface area contributed by atoms with E-state index in [1.54, 1.807) is 0 Å². The summed E-state index contributed by atoms with van der Waals surface area (Å²) in [5, 5.41) is 11.4. The molecule has 1 rings (SSSR count). The summed E-state index contributed by atoms with van der Waals surface area (Å²) in [5.74, 6) is -1.65. The first-order valence-electron chi connectivity index (χ1n) is 4.42. The fraction of sp³-hybridized carbons (Fsp3) is 0.300. The molecule has 4 heteroatoms. The van der Waals surface area contributed by atoms with E-state index in [9.17, 15) is 9.18 Å². The molecule has 0 saturated carbocycles. The maximum absolute atomic E-state index is 13.2. The molecular weight excluding hydrogens is 185 g/mol. The minimum Gasteiger partial charge on any atom is -0.478 e. The quantitative estimate of drug-likeness (QED) is 0.778. The van der Waals surface area contributed by atoms with Gasteiger partial charge in [0.2, 0.25) is 0 Å². The Morgan fingerprint density at radius 3 is 2.79 bits per heavy atom. The van der Waals surface area contributed by atoms with Crippen LogP contribution in [-0.2, 0) is 0 Å². The van der Waals surface area contributed by atoms with Crippen molar-refractivity contribution < 1.29 is 14.3 Å². The molecule has 14 heavy (non-hydrogen) atoms. The van der Waals surface area contributed by atoms with Gasteiger partial charge in [0.1, 0.15) is 5.82 Å². The van der Waals surface area contributed by atoms with Crippen LogP contribution in [0.2, 0.25) is 0 Å². The molecule has 0 unspecified atom stereocenters. The smallest absolute Gasteiger partial charge is 0.335 e. The van der Waals surface area contributed by atoms with Crippen LogP contribution in [0.25, 0.3) is 0 Å². The molecule has 1 aromatic carbocycles. The highest BCUT2D eigenvalue weighted by molar-refractivity contribution is 5.88. The second-order valence-corrected chi connectivity index (χ2v) is 2.93. The molecule has 0 fully saturated rings. The molecular formula is C10H12FNO2. The largest absolute Gasteiger partial charge is 0.478 e. The molecule has 0 bridgehead atoms. The molecule has 0 saturated heterocycles. The zero-order valence-electron chi connectivity index (χ0n) is 7.88. The molecule has 0 aliphatic heterocycles. The maximum Gasteiger partial charge on any atom is 0.335 e. The molecule has 1 aromatic rings. The molecule has 0 aliphatic carbocycles. The van der Waals surface area contributed by atoms with Crippen molar-refractivity contribution in [2.24, 2.45) is 0 Å². The maximum atomic E-state index is 13.2. The van der Waals surface area contributed by atoms with Crippen LogP contribution < -0.4 is 5.32 Å². The topological polar surface area (TPSA) is 49.3 Å². The SMILES string of the molecule is CCCNc1ccc(C(=O)O)cc1F. The van der Waals surface area contributed by atoms with Crippen LogP contribution in [0, 0.1) is 5.82 Å². The van der Waals surface area contributed by atoms with Gasteiger partial charge in [-0.3, -0.25) is 0 Å². The van der Waals surface area contributed by atoms with Crippen molar-refractivity contribution in [1.82, 2.24) is 0 Å². The summed E-state index contributed by atoms with van der Waals surface area (Å²) in [6, 6.07) is 3.83. The third-order valence-corrected chi connectivity index (χ3v) is 1.78. The van der Waals surface area contributed by atoms with Gasteiger partial charge in [0, 0.05) is 6.54 Å². The second kappa shape index (κ2) is 4.60. The molecule has 0 radical (unpaired) electrons. The molecule has 0 spiro atoms. The van der Waals surface area contributed by atoms with E-state index in [0.717, 1.165) is 12.5 Å². The normalized spacial score (nSPS) is 9.86. The molecule has 0 atom stereocenters. The number of anilines is 1. The standard InChI is InChI=1S/C10H12FNO2/c1-2-5-12-9-4-3-7(10(13)14)6-8(9)11/h3-4,6,12H,2,5H2,1H3,(H,13,14). The predicted octanol–water partition coefficient (Wildman–Crippen LogP) is 2.35. The Bertz CT molecular complexity index is 339. The number of hydrogen-bond acceptors (Lipinski definition) is 2. The van der Waals surface area contributed by atoms with E-state index in [2.05, 4.69) is 5.32 Å². The number of carboxylic acids is 1. The summed E-state index contributed by atoms with van der Waals surface area (Å²) in [4.78, 5) is 10.5. The van der Waals surface area contributed by atoms with Crippen LogP contribution >= 0.6 is 0 Å². The van der Waals surface area contributed by atoms with E-state index in [1.807, 2.05) is 6.92 Å². The lowest BCUT2D eigenvalue weighted by atomic mass is 10.2. The Morgan fingerprint density at radius 1 is 1.57 bits per heavy atom. The number of nitrogens with one attached hydrogen (secondary N) is 1. The Kier molecular flexibility index (Phi) is 3.45. The van der Waals surface area contributed by atoms with Crippen molar-refractivity contribution in [3.63, 3.8) is 0 Å². The fourth-order valence-electron chi connectivity index (χ4n) is 1.05. The average molecular weight is 197 g/mol. The predicted molar refractivity (Wildman–Crippen MR) is 52.1 cm³/mol. The van der Waals surface area contributed by atoms with E-state index in [0.29, 0.717) is 12.2 Å². The van der Waals surface area contributed by atoms with Gasteiger partial charge in [0.05, 0.1) is 11.3 Å². The number of hydrogen-bond donors (Lipinski definition) is 2. The lowest BCUT2D eigenvalue weighted by Gasteiger charge is -2.06. The van der Waals surface area contributed by atoms with Crippen LogP contribution in [0.4, 0.5) is 10.1 Å². The zero-order valence-corrected chi connectivity index (χ0v) is 7.88. The van der Waals surface area contributed by atoms with Crippen LogP contribution in [0.5, 0.6) is 0 Å². The van der Waals surface area contributed by atoms with E-state index >= 15 is 0 Å². The fourth-order valence-corrected chi connectivity index (χ4v) is 1.05. The van der Waals surface area contributed by atoms with Crippen molar-refractivity contribution in [1.29, 1.82) is 0 Å². The van der Waals surface area contributed by atoms with E-state index in [4.69, 9.17) is 5.11 Å². The number of carboxylic acid groups (broad SMARTS) is 1. The molecule has 0 heterocycles. The second-order valence-electron chi connectivity index (χ2n) is 2.93. The summed E-state index contributed by atoms with van der Waals surface area (Å²) >= 11 is 0. The van der Waals surface area contributed by atoms with Crippen molar-refractivity contribution in [3.05, 3.63) is 29.6 Å². The van der Waals surface area contributed by atoms with Gasteiger partial charge in [0.15, 0.2) is 0 Å². The average Bonchev–Trinajstić information content (AvgIpc) is 2.15. The summed E-state index contributed by atoms with van der Waals surface area (Å²) in [5.41, 5.74) is 0.307. The minimum atomic E-state index is -1.12. The van der Waals surface area contributed by atoms with Crippen LogP contribution in [-0.4, -0.2) is 17.6 Å². The number of carbonyl (C=O) groups is 1. The number of halogens is 1. The summed E-state index contributed by atoms with van der Waals surface area (Å²) in [6.45, 7) is 2.64. The highest BCUT2D eigenvalue weighted by Crippen LogP contribution is 2.15. The van der Waals surface area contributed by atoms with Crippen molar-refractivity contribution in [3.8, 4) is 0 Å². The van der Waals surface area contributed by atoms with Gasteiger partial charge in [-0.05, 0) is 24.6 Å². The molecule has 0 aromatic heterocycles. The van der Waals surface area contributed by atoms with Crippen LogP contribution in [0.3, 0.4) is 0 Å². The number of rotatable bonds is 4. The first kappa shape index (κ1) is 10.5. The highest BCUT2D eigenvalue weighted by atomic mass is 19.1. The lowest BCUT2D eigenvalue weighted by molar-refractivity contribution is 0.0696. The van der Waals surface area contributed by atoms with E-state index in [1.165, 1.54) is 12.1 Å². The van der Waals surface area contributed by atoms with Gasteiger partial charge in [-0.1, -0.05) is 6.92 Å². The van der Waals surface area contributed by atoms with Gasteiger partial charge in [0.25, 0.3) is 0 Å². The molecule has 2 N–H and O–H groups in total. The van der Waals surface area contributed by atoms with Crippen LogP contribution in [0.15, 0.2) is 18.2 Å².